The van der Waals surface area contributed by atoms with E-state index in [2.05, 4.69) is 36.3 Å². The molecule has 0 spiro atoms. The highest BCUT2D eigenvalue weighted by atomic mass is 28.3. The lowest BCUT2D eigenvalue weighted by Crippen LogP contribution is -2.16. The van der Waals surface area contributed by atoms with Crippen molar-refractivity contribution in [1.29, 1.82) is 0 Å². The molecule has 0 aliphatic heterocycles. The van der Waals surface area contributed by atoms with Crippen molar-refractivity contribution in [1.82, 2.24) is 0 Å². The number of benzene rings is 1. The minimum absolute atomic E-state index is 0.853. The Morgan fingerprint density at radius 1 is 1.27 bits per heavy atom. The standard InChI is InChI=1S/C12H15NOSi/c1-15(2,3)9-8-11-6-4-5-7-12(11)10-13-14/h4-7,10,14H,1-3H3/b13-10+. The van der Waals surface area contributed by atoms with Gasteiger partial charge < -0.3 is 5.21 Å². The fourth-order valence-corrected chi connectivity index (χ4v) is 1.55. The monoisotopic (exact) mass is 217 g/mol. The molecule has 0 amide bonds. The molecule has 0 bridgehead atoms. The van der Waals surface area contributed by atoms with E-state index in [9.17, 15) is 0 Å². The molecule has 1 N–H and O–H groups in total. The van der Waals surface area contributed by atoms with Crippen LogP contribution in [0.25, 0.3) is 0 Å². The van der Waals surface area contributed by atoms with Crippen LogP contribution in [-0.2, 0) is 0 Å². The smallest absolute Gasteiger partial charge is 0.129 e. The first-order valence-electron chi connectivity index (χ1n) is 4.82. The van der Waals surface area contributed by atoms with Gasteiger partial charge in [-0.2, -0.15) is 0 Å². The molecule has 3 heteroatoms. The van der Waals surface area contributed by atoms with Crippen molar-refractivity contribution >= 4 is 14.3 Å². The first kappa shape index (κ1) is 11.5. The molecule has 1 aromatic rings. The maximum atomic E-state index is 8.50. The third-order valence-electron chi connectivity index (χ3n) is 1.73. The van der Waals surface area contributed by atoms with Crippen LogP contribution in [0.2, 0.25) is 19.6 Å². The van der Waals surface area contributed by atoms with Gasteiger partial charge >= 0.3 is 0 Å². The molecular weight excluding hydrogens is 202 g/mol. The van der Waals surface area contributed by atoms with Gasteiger partial charge in [0.15, 0.2) is 0 Å². The van der Waals surface area contributed by atoms with Crippen molar-refractivity contribution in [2.45, 2.75) is 19.6 Å². The number of rotatable bonds is 1. The van der Waals surface area contributed by atoms with Crippen LogP contribution < -0.4 is 0 Å². The van der Waals surface area contributed by atoms with Crippen LogP contribution >= 0.6 is 0 Å². The Morgan fingerprint density at radius 2 is 1.93 bits per heavy atom. The summed E-state index contributed by atoms with van der Waals surface area (Å²) in [5.74, 6) is 3.15. The Morgan fingerprint density at radius 3 is 2.53 bits per heavy atom. The van der Waals surface area contributed by atoms with E-state index in [-0.39, 0.29) is 0 Å². The van der Waals surface area contributed by atoms with E-state index >= 15 is 0 Å². The van der Waals surface area contributed by atoms with E-state index in [1.54, 1.807) is 0 Å². The largest absolute Gasteiger partial charge is 0.411 e. The van der Waals surface area contributed by atoms with Crippen molar-refractivity contribution in [3.8, 4) is 11.5 Å². The van der Waals surface area contributed by atoms with Gasteiger partial charge in [0.25, 0.3) is 0 Å². The maximum absolute atomic E-state index is 8.50. The highest BCUT2D eigenvalue weighted by Gasteiger charge is 2.07. The van der Waals surface area contributed by atoms with Gasteiger partial charge in [-0.15, -0.1) is 5.54 Å². The topological polar surface area (TPSA) is 32.6 Å². The first-order valence-corrected chi connectivity index (χ1v) is 8.32. The number of hydrogen-bond acceptors (Lipinski definition) is 2. The van der Waals surface area contributed by atoms with Gasteiger partial charge in [-0.3, -0.25) is 0 Å². The van der Waals surface area contributed by atoms with Gasteiger partial charge in [-0.1, -0.05) is 48.9 Å². The average molecular weight is 217 g/mol. The van der Waals surface area contributed by atoms with E-state index in [4.69, 9.17) is 5.21 Å². The molecule has 0 aliphatic rings. The zero-order valence-electron chi connectivity index (χ0n) is 9.28. The van der Waals surface area contributed by atoms with Gasteiger partial charge in [0.1, 0.15) is 8.07 Å². The predicted octanol–water partition coefficient (Wildman–Crippen LogP) is 2.72. The normalized spacial score (nSPS) is 11.1. The Hall–Kier alpha value is -1.53. The molecule has 0 atom stereocenters. The Labute approximate surface area is 91.6 Å². The summed E-state index contributed by atoms with van der Waals surface area (Å²) in [4.78, 5) is 0. The molecule has 0 fully saturated rings. The third kappa shape index (κ3) is 4.01. The van der Waals surface area contributed by atoms with E-state index in [0.29, 0.717) is 0 Å². The molecule has 0 aromatic heterocycles. The Bertz CT molecular complexity index is 421. The summed E-state index contributed by atoms with van der Waals surface area (Å²) in [5, 5.41) is 11.5. The summed E-state index contributed by atoms with van der Waals surface area (Å²) in [6.45, 7) is 6.59. The maximum Gasteiger partial charge on any atom is 0.129 e. The lowest BCUT2D eigenvalue weighted by molar-refractivity contribution is 0.322. The second-order valence-corrected chi connectivity index (χ2v) is 9.08. The quantitative estimate of drug-likeness (QED) is 0.253. The van der Waals surface area contributed by atoms with E-state index in [0.717, 1.165) is 11.1 Å². The fourth-order valence-electron chi connectivity index (χ4n) is 1.04. The van der Waals surface area contributed by atoms with Crippen molar-refractivity contribution in [3.63, 3.8) is 0 Å². The summed E-state index contributed by atoms with van der Waals surface area (Å²) in [7, 11) is -1.35. The molecule has 2 nitrogen and oxygen atoms in total. The molecule has 1 rings (SSSR count). The average Bonchev–Trinajstić information content (AvgIpc) is 2.16. The molecule has 15 heavy (non-hydrogen) atoms. The summed E-state index contributed by atoms with van der Waals surface area (Å²) >= 11 is 0. The summed E-state index contributed by atoms with van der Waals surface area (Å²) < 4.78 is 0. The van der Waals surface area contributed by atoms with Crippen molar-refractivity contribution in [3.05, 3.63) is 35.4 Å². The molecule has 1 aromatic carbocycles. The lowest BCUT2D eigenvalue weighted by atomic mass is 10.1. The van der Waals surface area contributed by atoms with Crippen LogP contribution in [0, 0.1) is 11.5 Å². The Balaban J connectivity index is 3.08. The highest BCUT2D eigenvalue weighted by molar-refractivity contribution is 6.83. The molecule has 0 radical (unpaired) electrons. The summed E-state index contributed by atoms with van der Waals surface area (Å²) in [6.07, 6.45) is 1.41. The summed E-state index contributed by atoms with van der Waals surface area (Å²) in [5.41, 5.74) is 5.05. The third-order valence-corrected chi connectivity index (χ3v) is 2.60. The van der Waals surface area contributed by atoms with Gasteiger partial charge in [0, 0.05) is 11.1 Å². The molecule has 78 valence electrons. The van der Waals surface area contributed by atoms with Crippen LogP contribution in [0.15, 0.2) is 29.4 Å². The van der Waals surface area contributed by atoms with E-state index in [1.165, 1.54) is 6.21 Å². The zero-order valence-corrected chi connectivity index (χ0v) is 10.3. The minimum atomic E-state index is -1.35. The van der Waals surface area contributed by atoms with E-state index in [1.807, 2.05) is 24.3 Å². The second-order valence-electron chi connectivity index (χ2n) is 4.33. The first-order chi connectivity index (χ1) is 7.03. The van der Waals surface area contributed by atoms with Gasteiger partial charge in [-0.25, -0.2) is 0 Å². The zero-order chi connectivity index (χ0) is 11.3. The fraction of sp³-hybridized carbons (Fsp3) is 0.250. The number of hydrogen-bond donors (Lipinski definition) is 1. The molecule has 0 heterocycles. The summed E-state index contributed by atoms with van der Waals surface area (Å²) in [6, 6.07) is 7.65. The molecule has 0 saturated carbocycles. The van der Waals surface area contributed by atoms with Crippen LogP contribution in [0.5, 0.6) is 0 Å². The number of oxime groups is 1. The predicted molar refractivity (Wildman–Crippen MR) is 66.0 cm³/mol. The highest BCUT2D eigenvalue weighted by Crippen LogP contribution is 2.05. The van der Waals surface area contributed by atoms with Crippen LogP contribution in [-0.4, -0.2) is 19.5 Å². The second kappa shape index (κ2) is 4.81. The lowest BCUT2D eigenvalue weighted by Gasteiger charge is -2.04. The van der Waals surface area contributed by atoms with Crippen molar-refractivity contribution in [2.24, 2.45) is 5.16 Å². The van der Waals surface area contributed by atoms with Gasteiger partial charge in [0.05, 0.1) is 6.21 Å². The van der Waals surface area contributed by atoms with Crippen molar-refractivity contribution < 1.29 is 5.21 Å². The molecule has 0 unspecified atom stereocenters. The molecular formula is C12H15NOSi. The minimum Gasteiger partial charge on any atom is -0.411 e. The van der Waals surface area contributed by atoms with Crippen molar-refractivity contribution in [2.75, 3.05) is 0 Å². The van der Waals surface area contributed by atoms with Gasteiger partial charge in [-0.05, 0) is 6.07 Å². The van der Waals surface area contributed by atoms with Crippen LogP contribution in [0.4, 0.5) is 0 Å². The van der Waals surface area contributed by atoms with E-state index < -0.39 is 8.07 Å². The molecule has 0 saturated heterocycles. The number of nitrogens with zero attached hydrogens (tertiary/aromatic N) is 1. The SMILES string of the molecule is C[Si](C)(C)C#Cc1ccccc1/C=N/O. The van der Waals surface area contributed by atoms with Gasteiger partial charge in [0.2, 0.25) is 0 Å². The van der Waals surface area contributed by atoms with Crippen LogP contribution in [0.3, 0.4) is 0 Å². The Kier molecular flexibility index (Phi) is 3.70. The molecule has 0 aliphatic carbocycles. The van der Waals surface area contributed by atoms with Crippen LogP contribution in [0.1, 0.15) is 11.1 Å².